The Morgan fingerprint density at radius 1 is 1.14 bits per heavy atom. The minimum Gasteiger partial charge on any atom is -0.355 e. The van der Waals surface area contributed by atoms with E-state index in [1.807, 2.05) is 30.3 Å². The first-order chi connectivity index (χ1) is 10.1. The van der Waals surface area contributed by atoms with Crippen molar-refractivity contribution in [2.45, 2.75) is 0 Å². The maximum atomic E-state index is 10.9. The molecule has 0 fully saturated rings. The minimum absolute atomic E-state index is 0.0567. The Morgan fingerprint density at radius 2 is 2.00 bits per heavy atom. The number of hydrogen-bond donors (Lipinski definition) is 1. The number of aromatic nitrogens is 1. The van der Waals surface area contributed by atoms with Crippen LogP contribution in [0.2, 0.25) is 0 Å². The number of nitro benzene ring substituents is 1. The summed E-state index contributed by atoms with van der Waals surface area (Å²) >= 11 is 2.24. The molecule has 1 N–H and O–H groups in total. The molecule has 0 bridgehead atoms. The molecule has 0 unspecified atom stereocenters. The summed E-state index contributed by atoms with van der Waals surface area (Å²) in [6.45, 7) is 0. The molecule has 0 radical (unpaired) electrons. The fourth-order valence-corrected chi connectivity index (χ4v) is 2.62. The van der Waals surface area contributed by atoms with Crippen LogP contribution in [-0.4, -0.2) is 9.91 Å². The third-order valence-corrected chi connectivity index (χ3v) is 3.71. The Kier molecular flexibility index (Phi) is 3.70. The normalized spacial score (nSPS) is 10.5. The van der Waals surface area contributed by atoms with Gasteiger partial charge in [-0.15, -0.1) is 0 Å². The molecular formula is C15H10IN3O2. The van der Waals surface area contributed by atoms with Crippen LogP contribution in [0.4, 0.5) is 17.1 Å². The van der Waals surface area contributed by atoms with Gasteiger partial charge in [0.2, 0.25) is 0 Å². The number of rotatable bonds is 3. The van der Waals surface area contributed by atoms with Gasteiger partial charge in [-0.3, -0.25) is 15.1 Å². The summed E-state index contributed by atoms with van der Waals surface area (Å²) in [4.78, 5) is 14.8. The van der Waals surface area contributed by atoms with Crippen LogP contribution in [0.25, 0.3) is 10.9 Å². The Morgan fingerprint density at radius 3 is 2.76 bits per heavy atom. The van der Waals surface area contributed by atoms with Crippen LogP contribution in [0.1, 0.15) is 0 Å². The highest BCUT2D eigenvalue weighted by atomic mass is 127. The highest BCUT2D eigenvalue weighted by Gasteiger charge is 2.09. The lowest BCUT2D eigenvalue weighted by molar-refractivity contribution is -0.384. The second-order valence-electron chi connectivity index (χ2n) is 4.45. The minimum atomic E-state index is -0.401. The van der Waals surface area contributed by atoms with Gasteiger partial charge in [0.15, 0.2) is 0 Å². The number of nitrogens with one attached hydrogen (secondary N) is 1. The molecule has 0 aliphatic carbocycles. The lowest BCUT2D eigenvalue weighted by Gasteiger charge is -2.09. The highest BCUT2D eigenvalue weighted by Crippen LogP contribution is 2.28. The van der Waals surface area contributed by atoms with E-state index in [9.17, 15) is 10.1 Å². The monoisotopic (exact) mass is 391 g/mol. The van der Waals surface area contributed by atoms with Crippen LogP contribution >= 0.6 is 22.6 Å². The molecule has 0 saturated carbocycles. The first kappa shape index (κ1) is 13.7. The van der Waals surface area contributed by atoms with Crippen LogP contribution < -0.4 is 5.32 Å². The molecule has 3 aromatic rings. The van der Waals surface area contributed by atoms with Crippen molar-refractivity contribution in [1.29, 1.82) is 0 Å². The molecule has 6 heteroatoms. The third-order valence-electron chi connectivity index (χ3n) is 3.04. The lowest BCUT2D eigenvalue weighted by Crippen LogP contribution is -1.94. The molecule has 21 heavy (non-hydrogen) atoms. The first-order valence-electron chi connectivity index (χ1n) is 6.19. The lowest BCUT2D eigenvalue weighted by atomic mass is 10.1. The summed E-state index contributed by atoms with van der Waals surface area (Å²) in [5, 5.41) is 14.9. The van der Waals surface area contributed by atoms with E-state index in [-0.39, 0.29) is 5.69 Å². The molecule has 0 aliphatic rings. The van der Waals surface area contributed by atoms with Gasteiger partial charge in [0.05, 0.1) is 10.4 Å². The van der Waals surface area contributed by atoms with Crippen molar-refractivity contribution >= 4 is 50.6 Å². The Bertz CT molecular complexity index is 836. The van der Waals surface area contributed by atoms with E-state index in [1.165, 1.54) is 6.07 Å². The second kappa shape index (κ2) is 5.65. The molecule has 0 amide bonds. The van der Waals surface area contributed by atoms with Crippen LogP contribution in [0.15, 0.2) is 54.7 Å². The van der Waals surface area contributed by atoms with Crippen molar-refractivity contribution in [2.75, 3.05) is 5.32 Å². The topological polar surface area (TPSA) is 68.1 Å². The van der Waals surface area contributed by atoms with Crippen LogP contribution in [0.5, 0.6) is 0 Å². The van der Waals surface area contributed by atoms with E-state index >= 15 is 0 Å². The number of nitrogens with zero attached hydrogens (tertiary/aromatic N) is 2. The number of anilines is 2. The standard InChI is InChI=1S/C15H10IN3O2/c16-10-2-1-3-11(8-10)18-15-6-7-17-14-5-4-12(19(20)21)9-13(14)15/h1-9H,(H,17,18). The molecule has 1 heterocycles. The van der Waals surface area contributed by atoms with Gasteiger partial charge in [-0.1, -0.05) is 6.07 Å². The van der Waals surface area contributed by atoms with Crippen molar-refractivity contribution in [3.63, 3.8) is 0 Å². The summed E-state index contributed by atoms with van der Waals surface area (Å²) in [6.07, 6.45) is 1.68. The van der Waals surface area contributed by atoms with E-state index < -0.39 is 4.92 Å². The number of pyridine rings is 1. The number of halogens is 1. The fourth-order valence-electron chi connectivity index (χ4n) is 2.08. The largest absolute Gasteiger partial charge is 0.355 e. The summed E-state index contributed by atoms with van der Waals surface area (Å²) in [5.41, 5.74) is 2.50. The quantitative estimate of drug-likeness (QED) is 0.406. The van der Waals surface area contributed by atoms with E-state index in [1.54, 1.807) is 18.3 Å². The predicted molar refractivity (Wildman–Crippen MR) is 90.8 cm³/mol. The van der Waals surface area contributed by atoms with Crippen molar-refractivity contribution in [3.8, 4) is 0 Å². The van der Waals surface area contributed by atoms with Crippen LogP contribution in [-0.2, 0) is 0 Å². The maximum absolute atomic E-state index is 10.9. The zero-order valence-electron chi connectivity index (χ0n) is 10.8. The SMILES string of the molecule is O=[N+]([O-])c1ccc2nccc(Nc3cccc(I)c3)c2c1. The fraction of sp³-hybridized carbons (Fsp3) is 0. The van der Waals surface area contributed by atoms with Gasteiger partial charge in [0, 0.05) is 38.7 Å². The van der Waals surface area contributed by atoms with E-state index in [0.29, 0.717) is 0 Å². The first-order valence-corrected chi connectivity index (χ1v) is 7.27. The summed E-state index contributed by atoms with van der Waals surface area (Å²) in [5.74, 6) is 0. The highest BCUT2D eigenvalue weighted by molar-refractivity contribution is 14.1. The number of non-ortho nitro benzene ring substituents is 1. The van der Waals surface area contributed by atoms with E-state index in [0.717, 1.165) is 25.8 Å². The van der Waals surface area contributed by atoms with Crippen molar-refractivity contribution in [3.05, 3.63) is 68.4 Å². The van der Waals surface area contributed by atoms with Crippen molar-refractivity contribution < 1.29 is 4.92 Å². The molecule has 0 spiro atoms. The number of nitro groups is 1. The van der Waals surface area contributed by atoms with Gasteiger partial charge in [0.1, 0.15) is 0 Å². The van der Waals surface area contributed by atoms with Gasteiger partial charge >= 0.3 is 0 Å². The molecule has 3 rings (SSSR count). The summed E-state index contributed by atoms with van der Waals surface area (Å²) in [6, 6.07) is 14.4. The third kappa shape index (κ3) is 2.94. The smallest absolute Gasteiger partial charge is 0.270 e. The Balaban J connectivity index is 2.09. The number of benzene rings is 2. The van der Waals surface area contributed by atoms with Crippen LogP contribution in [0.3, 0.4) is 0 Å². The number of hydrogen-bond acceptors (Lipinski definition) is 4. The van der Waals surface area contributed by atoms with Gasteiger partial charge in [-0.05, 0) is 52.9 Å². The molecule has 0 atom stereocenters. The summed E-state index contributed by atoms with van der Waals surface area (Å²) in [7, 11) is 0. The average molecular weight is 391 g/mol. The Labute approximate surface area is 134 Å². The molecule has 1 aromatic heterocycles. The van der Waals surface area contributed by atoms with Crippen molar-refractivity contribution in [2.24, 2.45) is 0 Å². The molecule has 5 nitrogen and oxygen atoms in total. The predicted octanol–water partition coefficient (Wildman–Crippen LogP) is 4.49. The van der Waals surface area contributed by atoms with Crippen molar-refractivity contribution in [1.82, 2.24) is 4.98 Å². The maximum Gasteiger partial charge on any atom is 0.270 e. The molecule has 0 saturated heterocycles. The van der Waals surface area contributed by atoms with E-state index in [4.69, 9.17) is 0 Å². The zero-order valence-corrected chi connectivity index (χ0v) is 12.9. The Hall–Kier alpha value is -2.22. The molecule has 104 valence electrons. The van der Waals surface area contributed by atoms with Gasteiger partial charge in [-0.2, -0.15) is 0 Å². The second-order valence-corrected chi connectivity index (χ2v) is 5.70. The van der Waals surface area contributed by atoms with Gasteiger partial charge in [0.25, 0.3) is 5.69 Å². The van der Waals surface area contributed by atoms with Gasteiger partial charge in [-0.25, -0.2) is 0 Å². The number of fused-ring (bicyclic) bond motifs is 1. The average Bonchev–Trinajstić information content (AvgIpc) is 2.47. The molecule has 2 aromatic carbocycles. The summed E-state index contributed by atoms with van der Waals surface area (Å²) < 4.78 is 1.11. The van der Waals surface area contributed by atoms with Crippen LogP contribution in [0, 0.1) is 13.7 Å². The van der Waals surface area contributed by atoms with E-state index in [2.05, 4.69) is 32.9 Å². The molecular weight excluding hydrogens is 381 g/mol. The van der Waals surface area contributed by atoms with Gasteiger partial charge < -0.3 is 5.32 Å². The zero-order chi connectivity index (χ0) is 14.8. The molecule has 0 aliphatic heterocycles.